The summed E-state index contributed by atoms with van der Waals surface area (Å²) in [5.41, 5.74) is 0.924. The minimum Gasteiger partial charge on any atom is -0.374 e. The molecule has 0 spiro atoms. The van der Waals surface area contributed by atoms with Gasteiger partial charge >= 0.3 is 0 Å². The Kier molecular flexibility index (Phi) is 5.48. The van der Waals surface area contributed by atoms with Gasteiger partial charge in [0.2, 0.25) is 0 Å². The topological polar surface area (TPSA) is 48.3 Å². The van der Waals surface area contributed by atoms with Gasteiger partial charge in [0.1, 0.15) is 5.82 Å². The highest BCUT2D eigenvalue weighted by Crippen LogP contribution is 2.10. The van der Waals surface area contributed by atoms with Gasteiger partial charge in [-0.1, -0.05) is 13.0 Å². The van der Waals surface area contributed by atoms with Crippen molar-refractivity contribution in [2.75, 3.05) is 32.8 Å². The maximum Gasteiger partial charge on any atom is 0.129 e. The Hall–Kier alpha value is -1.48. The third-order valence-corrected chi connectivity index (χ3v) is 3.54. The number of likely N-dealkylation sites (N-methyl/N-ethyl adjacent to an activating group) is 1. The highest BCUT2D eigenvalue weighted by molar-refractivity contribution is 5.32. The Labute approximate surface area is 119 Å². The van der Waals surface area contributed by atoms with Gasteiger partial charge in [-0.05, 0) is 18.7 Å². The molecule has 1 heterocycles. The van der Waals surface area contributed by atoms with E-state index >= 15 is 0 Å². The van der Waals surface area contributed by atoms with Crippen molar-refractivity contribution in [1.29, 1.82) is 5.26 Å². The molecule has 0 aliphatic carbocycles. The average Bonchev–Trinajstić information content (AvgIpc) is 2.49. The maximum absolute atomic E-state index is 13.7. The predicted octanol–water partition coefficient (Wildman–Crippen LogP) is 1.51. The Morgan fingerprint density at radius 2 is 2.40 bits per heavy atom. The lowest BCUT2D eigenvalue weighted by atomic mass is 10.1. The van der Waals surface area contributed by atoms with E-state index in [1.165, 1.54) is 6.07 Å². The molecule has 1 aliphatic rings. The first kappa shape index (κ1) is 14.9. The Balaban J connectivity index is 1.80. The van der Waals surface area contributed by atoms with E-state index in [2.05, 4.69) is 17.1 Å². The second-order valence-electron chi connectivity index (χ2n) is 4.93. The van der Waals surface area contributed by atoms with Crippen molar-refractivity contribution < 1.29 is 9.13 Å². The summed E-state index contributed by atoms with van der Waals surface area (Å²) in [6.45, 7) is 6.98. The molecule has 0 bridgehead atoms. The minimum atomic E-state index is -0.337. The van der Waals surface area contributed by atoms with Crippen LogP contribution >= 0.6 is 0 Å². The third kappa shape index (κ3) is 4.01. The molecule has 1 N–H and O–H groups in total. The Bertz CT molecular complexity index is 486. The summed E-state index contributed by atoms with van der Waals surface area (Å²) in [6.07, 6.45) is 0.158. The molecule has 108 valence electrons. The van der Waals surface area contributed by atoms with Gasteiger partial charge < -0.3 is 10.1 Å². The number of nitriles is 1. The van der Waals surface area contributed by atoms with E-state index in [9.17, 15) is 4.39 Å². The van der Waals surface area contributed by atoms with Gasteiger partial charge in [0.15, 0.2) is 0 Å². The van der Waals surface area contributed by atoms with Crippen LogP contribution in [0, 0.1) is 17.1 Å². The molecule has 0 saturated carbocycles. The highest BCUT2D eigenvalue weighted by atomic mass is 19.1. The number of morpholine rings is 1. The first-order chi connectivity index (χ1) is 9.72. The lowest BCUT2D eigenvalue weighted by Gasteiger charge is -2.32. The fourth-order valence-electron chi connectivity index (χ4n) is 2.32. The SMILES string of the molecule is CCN1CCOC(CNCc2ccc(C#N)cc2F)C1. The molecular weight excluding hydrogens is 257 g/mol. The summed E-state index contributed by atoms with van der Waals surface area (Å²) in [5.74, 6) is -0.337. The number of nitrogens with one attached hydrogen (secondary N) is 1. The van der Waals surface area contributed by atoms with Crippen molar-refractivity contribution >= 4 is 0 Å². The predicted molar refractivity (Wildman–Crippen MR) is 74.7 cm³/mol. The number of halogens is 1. The van der Waals surface area contributed by atoms with Crippen LogP contribution in [-0.2, 0) is 11.3 Å². The second kappa shape index (κ2) is 7.34. The van der Waals surface area contributed by atoms with E-state index in [4.69, 9.17) is 10.00 Å². The maximum atomic E-state index is 13.7. The van der Waals surface area contributed by atoms with Gasteiger partial charge in [-0.3, -0.25) is 4.90 Å². The first-order valence-electron chi connectivity index (χ1n) is 6.96. The van der Waals surface area contributed by atoms with E-state index in [-0.39, 0.29) is 11.9 Å². The average molecular weight is 277 g/mol. The van der Waals surface area contributed by atoms with Crippen molar-refractivity contribution in [3.05, 3.63) is 35.1 Å². The lowest BCUT2D eigenvalue weighted by Crippen LogP contribution is -2.46. The molecule has 0 amide bonds. The molecule has 0 aromatic heterocycles. The Morgan fingerprint density at radius 3 is 3.10 bits per heavy atom. The zero-order valence-corrected chi connectivity index (χ0v) is 11.7. The van der Waals surface area contributed by atoms with Gasteiger partial charge in [-0.25, -0.2) is 4.39 Å². The monoisotopic (exact) mass is 277 g/mol. The van der Waals surface area contributed by atoms with Crippen LogP contribution in [0.1, 0.15) is 18.1 Å². The summed E-state index contributed by atoms with van der Waals surface area (Å²) >= 11 is 0. The van der Waals surface area contributed by atoms with Crippen molar-refractivity contribution in [2.45, 2.75) is 19.6 Å². The normalized spacial score (nSPS) is 19.8. The molecule has 1 fully saturated rings. The van der Waals surface area contributed by atoms with Crippen LogP contribution in [0.3, 0.4) is 0 Å². The van der Waals surface area contributed by atoms with Crippen molar-refractivity contribution in [1.82, 2.24) is 10.2 Å². The van der Waals surface area contributed by atoms with Crippen LogP contribution in [0.4, 0.5) is 4.39 Å². The molecular formula is C15H20FN3O. The molecule has 1 aromatic carbocycles. The van der Waals surface area contributed by atoms with E-state index in [1.54, 1.807) is 12.1 Å². The van der Waals surface area contributed by atoms with Gasteiger partial charge in [0, 0.05) is 31.7 Å². The zero-order valence-electron chi connectivity index (χ0n) is 11.7. The van der Waals surface area contributed by atoms with Crippen LogP contribution in [0.15, 0.2) is 18.2 Å². The molecule has 1 aromatic rings. The van der Waals surface area contributed by atoms with E-state index in [0.717, 1.165) is 26.2 Å². The summed E-state index contributed by atoms with van der Waals surface area (Å²) in [5, 5.41) is 11.9. The van der Waals surface area contributed by atoms with Gasteiger partial charge in [0.05, 0.1) is 24.3 Å². The molecule has 5 heteroatoms. The Morgan fingerprint density at radius 1 is 1.55 bits per heavy atom. The number of hydrogen-bond donors (Lipinski definition) is 1. The lowest BCUT2D eigenvalue weighted by molar-refractivity contribution is -0.0254. The number of benzene rings is 1. The smallest absolute Gasteiger partial charge is 0.129 e. The van der Waals surface area contributed by atoms with Gasteiger partial charge in [-0.15, -0.1) is 0 Å². The highest BCUT2D eigenvalue weighted by Gasteiger charge is 2.18. The quantitative estimate of drug-likeness (QED) is 0.886. The van der Waals surface area contributed by atoms with Crippen LogP contribution in [0.25, 0.3) is 0 Å². The molecule has 1 unspecified atom stereocenters. The molecule has 2 rings (SSSR count). The summed E-state index contributed by atoms with van der Waals surface area (Å²) in [4.78, 5) is 2.35. The zero-order chi connectivity index (χ0) is 14.4. The molecule has 0 radical (unpaired) electrons. The summed E-state index contributed by atoms with van der Waals surface area (Å²) < 4.78 is 19.4. The van der Waals surface area contributed by atoms with Crippen LogP contribution in [0.5, 0.6) is 0 Å². The van der Waals surface area contributed by atoms with Crippen molar-refractivity contribution in [3.63, 3.8) is 0 Å². The molecule has 20 heavy (non-hydrogen) atoms. The van der Waals surface area contributed by atoms with E-state index in [0.29, 0.717) is 24.2 Å². The van der Waals surface area contributed by atoms with Crippen molar-refractivity contribution in [2.24, 2.45) is 0 Å². The minimum absolute atomic E-state index is 0.158. The molecule has 1 aliphatic heterocycles. The number of hydrogen-bond acceptors (Lipinski definition) is 4. The molecule has 1 saturated heterocycles. The van der Waals surface area contributed by atoms with Crippen LogP contribution in [0.2, 0.25) is 0 Å². The number of ether oxygens (including phenoxy) is 1. The summed E-state index contributed by atoms with van der Waals surface area (Å²) in [7, 11) is 0. The number of nitrogens with zero attached hydrogens (tertiary/aromatic N) is 2. The van der Waals surface area contributed by atoms with Crippen molar-refractivity contribution in [3.8, 4) is 6.07 Å². The fourth-order valence-corrected chi connectivity index (χ4v) is 2.32. The van der Waals surface area contributed by atoms with E-state index in [1.807, 2.05) is 6.07 Å². The van der Waals surface area contributed by atoms with Crippen LogP contribution < -0.4 is 5.32 Å². The van der Waals surface area contributed by atoms with Crippen LogP contribution in [-0.4, -0.2) is 43.8 Å². The number of rotatable bonds is 5. The molecule has 4 nitrogen and oxygen atoms in total. The van der Waals surface area contributed by atoms with Gasteiger partial charge in [-0.2, -0.15) is 5.26 Å². The fraction of sp³-hybridized carbons (Fsp3) is 0.533. The molecule has 1 atom stereocenters. The largest absolute Gasteiger partial charge is 0.374 e. The van der Waals surface area contributed by atoms with Gasteiger partial charge in [0.25, 0.3) is 0 Å². The van der Waals surface area contributed by atoms with E-state index < -0.39 is 0 Å². The third-order valence-electron chi connectivity index (χ3n) is 3.54. The first-order valence-corrected chi connectivity index (χ1v) is 6.96. The standard InChI is InChI=1S/C15H20FN3O/c1-2-19-5-6-20-14(11-19)10-18-9-13-4-3-12(8-17)7-15(13)16/h3-4,7,14,18H,2,5-6,9-11H2,1H3. The summed E-state index contributed by atoms with van der Waals surface area (Å²) in [6, 6.07) is 6.49. The second-order valence-corrected chi connectivity index (χ2v) is 4.93.